The van der Waals surface area contributed by atoms with Crippen LogP contribution in [0.5, 0.6) is 0 Å². The predicted octanol–water partition coefficient (Wildman–Crippen LogP) is 0.936. The fraction of sp³-hybridized carbons (Fsp3) is 0.250. The molecule has 2 amide bonds. The third-order valence-electron chi connectivity index (χ3n) is 2.45. The van der Waals surface area contributed by atoms with Gasteiger partial charge in [-0.1, -0.05) is 6.07 Å². The van der Waals surface area contributed by atoms with Gasteiger partial charge in [0.2, 0.25) is 11.7 Å². The summed E-state index contributed by atoms with van der Waals surface area (Å²) < 4.78 is 0. The van der Waals surface area contributed by atoms with Crippen molar-refractivity contribution in [2.24, 2.45) is 0 Å². The van der Waals surface area contributed by atoms with E-state index in [9.17, 15) is 14.4 Å². The van der Waals surface area contributed by atoms with Gasteiger partial charge in [-0.05, 0) is 17.7 Å². The van der Waals surface area contributed by atoms with Crippen molar-refractivity contribution in [3.05, 3.63) is 23.8 Å². The number of carbonyl (C=O) groups is 3. The van der Waals surface area contributed by atoms with Crippen LogP contribution in [0.4, 0.5) is 5.69 Å². The summed E-state index contributed by atoms with van der Waals surface area (Å²) in [5, 5.41) is 5.28. The average Bonchev–Trinajstić information content (AvgIpc) is 2.35. The maximum Gasteiger partial charge on any atom is 0.287 e. The number of carbonyl (C=O) groups excluding carboxylic acids is 3. The standard InChI is InChI=1S/C12H12N2O3S/c1-7(15)12(17)13-5-8-2-3-10-9(4-8)14-11(16)6-18-10/h2-4H,5-6H2,1H3,(H,13,17)(H,14,16). The van der Waals surface area contributed by atoms with Gasteiger partial charge in [0.25, 0.3) is 5.91 Å². The molecule has 0 unspecified atom stereocenters. The molecule has 0 atom stereocenters. The Labute approximate surface area is 108 Å². The molecule has 1 aromatic carbocycles. The van der Waals surface area contributed by atoms with Gasteiger partial charge in [-0.15, -0.1) is 11.8 Å². The number of rotatable bonds is 3. The highest BCUT2D eigenvalue weighted by Gasteiger charge is 2.15. The van der Waals surface area contributed by atoms with E-state index in [1.165, 1.54) is 18.7 Å². The van der Waals surface area contributed by atoms with Crippen LogP contribution >= 0.6 is 11.8 Å². The summed E-state index contributed by atoms with van der Waals surface area (Å²) in [7, 11) is 0. The lowest BCUT2D eigenvalue weighted by atomic mass is 10.2. The first-order valence-corrected chi connectivity index (χ1v) is 6.39. The Balaban J connectivity index is 2.07. The smallest absolute Gasteiger partial charge is 0.287 e. The molecule has 18 heavy (non-hydrogen) atoms. The highest BCUT2D eigenvalue weighted by Crippen LogP contribution is 2.31. The minimum atomic E-state index is -0.605. The predicted molar refractivity (Wildman–Crippen MR) is 68.3 cm³/mol. The summed E-state index contributed by atoms with van der Waals surface area (Å²) in [6.45, 7) is 1.49. The minimum Gasteiger partial charge on any atom is -0.345 e. The van der Waals surface area contributed by atoms with Crippen LogP contribution in [0.25, 0.3) is 0 Å². The Morgan fingerprint density at radius 3 is 2.94 bits per heavy atom. The molecular weight excluding hydrogens is 252 g/mol. The number of amides is 2. The maximum atomic E-state index is 11.2. The quantitative estimate of drug-likeness (QED) is 0.797. The zero-order chi connectivity index (χ0) is 13.1. The second kappa shape index (κ2) is 5.22. The van der Waals surface area contributed by atoms with Crippen LogP contribution in [0.2, 0.25) is 0 Å². The van der Waals surface area contributed by atoms with Crippen molar-refractivity contribution < 1.29 is 14.4 Å². The number of thioether (sulfide) groups is 1. The number of hydrogen-bond donors (Lipinski definition) is 2. The molecule has 0 bridgehead atoms. The van der Waals surface area contributed by atoms with Crippen LogP contribution in [0.15, 0.2) is 23.1 Å². The molecule has 0 aromatic heterocycles. The van der Waals surface area contributed by atoms with Crippen molar-refractivity contribution in [2.45, 2.75) is 18.4 Å². The first-order valence-electron chi connectivity index (χ1n) is 5.40. The summed E-state index contributed by atoms with van der Waals surface area (Å²) in [5.74, 6) is -0.728. The van der Waals surface area contributed by atoms with Crippen molar-refractivity contribution >= 4 is 35.0 Å². The number of ketones is 1. The molecule has 0 fully saturated rings. The lowest BCUT2D eigenvalue weighted by Gasteiger charge is -2.17. The van der Waals surface area contributed by atoms with Crippen LogP contribution in [0, 0.1) is 0 Å². The van der Waals surface area contributed by atoms with E-state index < -0.39 is 11.7 Å². The third-order valence-corrected chi connectivity index (χ3v) is 3.52. The average molecular weight is 264 g/mol. The molecule has 0 saturated carbocycles. The molecule has 0 aliphatic carbocycles. The second-order valence-corrected chi connectivity index (χ2v) is 4.92. The van der Waals surface area contributed by atoms with Gasteiger partial charge >= 0.3 is 0 Å². The molecular formula is C12H12N2O3S. The Kier molecular flexibility index (Phi) is 3.66. The van der Waals surface area contributed by atoms with Crippen LogP contribution < -0.4 is 10.6 Å². The second-order valence-electron chi connectivity index (χ2n) is 3.91. The molecule has 0 radical (unpaired) electrons. The van der Waals surface area contributed by atoms with Gasteiger partial charge in [0.1, 0.15) is 0 Å². The first kappa shape index (κ1) is 12.6. The number of Topliss-reactive ketones (excluding diaryl/α,β-unsaturated/α-hetero) is 1. The zero-order valence-electron chi connectivity index (χ0n) is 9.78. The van der Waals surface area contributed by atoms with Crippen molar-refractivity contribution in [2.75, 3.05) is 11.1 Å². The number of anilines is 1. The van der Waals surface area contributed by atoms with Gasteiger partial charge in [0.15, 0.2) is 0 Å². The Morgan fingerprint density at radius 1 is 1.44 bits per heavy atom. The summed E-state index contributed by atoms with van der Waals surface area (Å²) >= 11 is 1.48. The van der Waals surface area contributed by atoms with Crippen LogP contribution in [0.3, 0.4) is 0 Å². The summed E-state index contributed by atoms with van der Waals surface area (Å²) in [4.78, 5) is 34.1. The summed E-state index contributed by atoms with van der Waals surface area (Å²) in [6, 6.07) is 5.57. The van der Waals surface area contributed by atoms with E-state index in [2.05, 4.69) is 10.6 Å². The SMILES string of the molecule is CC(=O)C(=O)NCc1ccc2c(c1)NC(=O)CS2. The molecule has 2 rings (SSSR count). The van der Waals surface area contributed by atoms with Gasteiger partial charge in [0, 0.05) is 18.4 Å². The Hall–Kier alpha value is -1.82. The molecule has 2 N–H and O–H groups in total. The highest BCUT2D eigenvalue weighted by atomic mass is 32.2. The fourth-order valence-electron chi connectivity index (χ4n) is 1.55. The number of benzene rings is 1. The summed E-state index contributed by atoms with van der Waals surface area (Å²) in [6.07, 6.45) is 0. The topological polar surface area (TPSA) is 75.3 Å². The van der Waals surface area contributed by atoms with E-state index in [4.69, 9.17) is 0 Å². The van der Waals surface area contributed by atoms with Gasteiger partial charge in [-0.2, -0.15) is 0 Å². The lowest BCUT2D eigenvalue weighted by Crippen LogP contribution is -2.28. The molecule has 1 aromatic rings. The Bertz CT molecular complexity index is 528. The molecule has 94 valence electrons. The van der Waals surface area contributed by atoms with Crippen molar-refractivity contribution in [1.29, 1.82) is 0 Å². The van der Waals surface area contributed by atoms with Crippen LogP contribution in [-0.2, 0) is 20.9 Å². The lowest BCUT2D eigenvalue weighted by molar-refractivity contribution is -0.136. The van der Waals surface area contributed by atoms with Crippen molar-refractivity contribution in [3.8, 4) is 0 Å². The van der Waals surface area contributed by atoms with Crippen molar-refractivity contribution in [1.82, 2.24) is 5.32 Å². The molecule has 0 saturated heterocycles. The molecule has 0 spiro atoms. The fourth-order valence-corrected chi connectivity index (χ4v) is 2.34. The molecule has 1 aliphatic heterocycles. The largest absolute Gasteiger partial charge is 0.345 e. The van der Waals surface area contributed by atoms with Crippen molar-refractivity contribution in [3.63, 3.8) is 0 Å². The number of fused-ring (bicyclic) bond motifs is 1. The van der Waals surface area contributed by atoms with Gasteiger partial charge < -0.3 is 10.6 Å². The summed E-state index contributed by atoms with van der Waals surface area (Å²) in [5.41, 5.74) is 1.59. The normalized spacial score (nSPS) is 13.5. The molecule has 5 nitrogen and oxygen atoms in total. The van der Waals surface area contributed by atoms with Gasteiger partial charge in [-0.25, -0.2) is 0 Å². The number of hydrogen-bond acceptors (Lipinski definition) is 4. The van der Waals surface area contributed by atoms with E-state index in [1.54, 1.807) is 6.07 Å². The number of nitrogens with one attached hydrogen (secondary N) is 2. The maximum absolute atomic E-state index is 11.2. The van der Waals surface area contributed by atoms with E-state index in [0.717, 1.165) is 16.1 Å². The van der Waals surface area contributed by atoms with Crippen LogP contribution in [-0.4, -0.2) is 23.4 Å². The van der Waals surface area contributed by atoms with E-state index in [1.807, 2.05) is 12.1 Å². The zero-order valence-corrected chi connectivity index (χ0v) is 10.6. The third kappa shape index (κ3) is 2.89. The van der Waals surface area contributed by atoms with Crippen LogP contribution in [0.1, 0.15) is 12.5 Å². The first-order chi connectivity index (χ1) is 8.56. The molecule has 1 heterocycles. The minimum absolute atomic E-state index is 0.0302. The van der Waals surface area contributed by atoms with Gasteiger partial charge in [-0.3, -0.25) is 14.4 Å². The highest BCUT2D eigenvalue weighted by molar-refractivity contribution is 8.00. The van der Waals surface area contributed by atoms with E-state index in [-0.39, 0.29) is 12.5 Å². The van der Waals surface area contributed by atoms with E-state index in [0.29, 0.717) is 5.75 Å². The monoisotopic (exact) mass is 264 g/mol. The molecule has 1 aliphatic rings. The Morgan fingerprint density at radius 2 is 2.22 bits per heavy atom. The van der Waals surface area contributed by atoms with E-state index >= 15 is 0 Å². The van der Waals surface area contributed by atoms with Gasteiger partial charge in [0.05, 0.1) is 11.4 Å². The molecule has 6 heteroatoms.